The molecule has 1 aromatic rings. The molecular formula is C12H16F2N2. The third-order valence-electron chi connectivity index (χ3n) is 3.01. The largest absolute Gasteiger partial charge is 0.398 e. The highest BCUT2D eigenvalue weighted by atomic mass is 19.3. The van der Waals surface area contributed by atoms with Crippen molar-refractivity contribution in [3.63, 3.8) is 0 Å². The van der Waals surface area contributed by atoms with E-state index in [1.54, 1.807) is 6.07 Å². The number of benzene rings is 1. The minimum absolute atomic E-state index is 0.0191. The zero-order valence-electron chi connectivity index (χ0n) is 9.32. The molecule has 0 fully saturated rings. The van der Waals surface area contributed by atoms with E-state index in [2.05, 4.69) is 5.32 Å². The summed E-state index contributed by atoms with van der Waals surface area (Å²) in [5, 5.41) is 3.24. The Bertz CT molecular complexity index is 397. The van der Waals surface area contributed by atoms with Crippen LogP contribution in [0.1, 0.15) is 23.6 Å². The lowest BCUT2D eigenvalue weighted by atomic mass is 9.96. The van der Waals surface area contributed by atoms with Gasteiger partial charge in [-0.05, 0) is 49.2 Å². The van der Waals surface area contributed by atoms with Gasteiger partial charge in [-0.25, -0.2) is 8.78 Å². The molecule has 0 atom stereocenters. The fourth-order valence-electron chi connectivity index (χ4n) is 2.10. The molecule has 4 heteroatoms. The van der Waals surface area contributed by atoms with Gasteiger partial charge in [0.2, 0.25) is 0 Å². The Morgan fingerprint density at radius 1 is 1.25 bits per heavy atom. The smallest absolute Gasteiger partial charge is 0.270 e. The van der Waals surface area contributed by atoms with Crippen molar-refractivity contribution >= 4 is 5.69 Å². The molecule has 1 aromatic carbocycles. The molecule has 0 radical (unpaired) electrons. The molecule has 1 aliphatic heterocycles. The molecule has 2 rings (SSSR count). The molecule has 0 bridgehead atoms. The summed E-state index contributed by atoms with van der Waals surface area (Å²) in [4.78, 5) is 0. The van der Waals surface area contributed by atoms with Crippen molar-refractivity contribution in [3.05, 3.63) is 28.8 Å². The van der Waals surface area contributed by atoms with Crippen molar-refractivity contribution in [2.24, 2.45) is 0 Å². The van der Waals surface area contributed by atoms with Gasteiger partial charge in [-0.1, -0.05) is 0 Å². The maximum Gasteiger partial charge on any atom is 0.270 e. The molecule has 0 aliphatic carbocycles. The summed E-state index contributed by atoms with van der Waals surface area (Å²) in [6.45, 7) is 2.59. The van der Waals surface area contributed by atoms with Crippen LogP contribution in [0.3, 0.4) is 0 Å². The maximum absolute atomic E-state index is 13.2. The van der Waals surface area contributed by atoms with E-state index in [-0.39, 0.29) is 5.56 Å². The van der Waals surface area contributed by atoms with E-state index in [0.717, 1.165) is 44.0 Å². The minimum Gasteiger partial charge on any atom is -0.398 e. The molecule has 0 saturated carbocycles. The molecule has 88 valence electrons. The van der Waals surface area contributed by atoms with E-state index in [4.69, 9.17) is 5.73 Å². The zero-order valence-corrected chi connectivity index (χ0v) is 9.32. The molecule has 16 heavy (non-hydrogen) atoms. The number of halogens is 2. The predicted octanol–water partition coefficient (Wildman–Crippen LogP) is 2.07. The Morgan fingerprint density at radius 3 is 2.62 bits per heavy atom. The Morgan fingerprint density at radius 2 is 1.94 bits per heavy atom. The van der Waals surface area contributed by atoms with Crippen LogP contribution in [-0.4, -0.2) is 13.1 Å². The van der Waals surface area contributed by atoms with Crippen LogP contribution in [0.2, 0.25) is 0 Å². The number of hydrogen-bond donors (Lipinski definition) is 2. The third-order valence-corrected chi connectivity index (χ3v) is 3.01. The second-order valence-electron chi connectivity index (χ2n) is 4.34. The highest BCUT2D eigenvalue weighted by Crippen LogP contribution is 2.32. The van der Waals surface area contributed by atoms with Crippen LogP contribution in [0, 0.1) is 0 Å². The first-order chi connectivity index (χ1) is 7.48. The van der Waals surface area contributed by atoms with Crippen LogP contribution in [0.15, 0.2) is 12.1 Å². The molecule has 1 aliphatic rings. The van der Waals surface area contributed by atoms with Crippen molar-refractivity contribution < 1.29 is 8.78 Å². The van der Waals surface area contributed by atoms with Crippen LogP contribution < -0.4 is 11.1 Å². The van der Waals surface area contributed by atoms with Gasteiger partial charge in [-0.3, -0.25) is 0 Å². The van der Waals surface area contributed by atoms with Gasteiger partial charge in [0.25, 0.3) is 5.92 Å². The average Bonchev–Trinajstić information content (AvgIpc) is 2.41. The van der Waals surface area contributed by atoms with Gasteiger partial charge >= 0.3 is 0 Å². The Balaban J connectivity index is 2.48. The SMILES string of the molecule is CC(F)(F)c1cc(N)c2c(c1)CCNCC2. The Kier molecular flexibility index (Phi) is 2.84. The van der Waals surface area contributed by atoms with Gasteiger partial charge in [-0.2, -0.15) is 0 Å². The van der Waals surface area contributed by atoms with E-state index in [1.165, 1.54) is 6.07 Å². The van der Waals surface area contributed by atoms with Crippen LogP contribution >= 0.6 is 0 Å². The number of rotatable bonds is 1. The second-order valence-corrected chi connectivity index (χ2v) is 4.34. The van der Waals surface area contributed by atoms with E-state index in [9.17, 15) is 8.78 Å². The fraction of sp³-hybridized carbons (Fsp3) is 0.500. The van der Waals surface area contributed by atoms with Gasteiger partial charge < -0.3 is 11.1 Å². The van der Waals surface area contributed by atoms with Crippen LogP contribution in [-0.2, 0) is 18.8 Å². The van der Waals surface area contributed by atoms with Crippen molar-refractivity contribution in [3.8, 4) is 0 Å². The van der Waals surface area contributed by atoms with Gasteiger partial charge in [0.05, 0.1) is 0 Å². The van der Waals surface area contributed by atoms with E-state index in [0.29, 0.717) is 5.69 Å². The fourth-order valence-corrected chi connectivity index (χ4v) is 2.10. The van der Waals surface area contributed by atoms with Crippen molar-refractivity contribution in [1.29, 1.82) is 0 Å². The summed E-state index contributed by atoms with van der Waals surface area (Å²) in [6.07, 6.45) is 1.58. The second kappa shape index (κ2) is 4.01. The normalized spacial score (nSPS) is 16.7. The molecule has 0 saturated heterocycles. The Labute approximate surface area is 93.8 Å². The number of nitrogens with two attached hydrogens (primary N) is 1. The molecule has 0 amide bonds. The summed E-state index contributed by atoms with van der Waals surface area (Å²) in [6, 6.07) is 3.00. The summed E-state index contributed by atoms with van der Waals surface area (Å²) in [7, 11) is 0. The number of nitrogen functional groups attached to an aromatic ring is 1. The lowest BCUT2D eigenvalue weighted by Crippen LogP contribution is -2.16. The summed E-state index contributed by atoms with van der Waals surface area (Å²) in [5.41, 5.74) is 8.35. The predicted molar refractivity (Wildman–Crippen MR) is 60.7 cm³/mol. The molecule has 2 nitrogen and oxygen atoms in total. The molecule has 0 aromatic heterocycles. The first-order valence-electron chi connectivity index (χ1n) is 5.49. The van der Waals surface area contributed by atoms with E-state index in [1.807, 2.05) is 0 Å². The zero-order chi connectivity index (χ0) is 11.8. The van der Waals surface area contributed by atoms with E-state index < -0.39 is 5.92 Å². The van der Waals surface area contributed by atoms with Crippen molar-refractivity contribution in [2.75, 3.05) is 18.8 Å². The number of fused-ring (bicyclic) bond motifs is 1. The van der Waals surface area contributed by atoms with E-state index >= 15 is 0 Å². The highest BCUT2D eigenvalue weighted by molar-refractivity contribution is 5.55. The molecule has 0 spiro atoms. The first-order valence-corrected chi connectivity index (χ1v) is 5.49. The summed E-state index contributed by atoms with van der Waals surface area (Å²) >= 11 is 0. The van der Waals surface area contributed by atoms with Gasteiger partial charge in [-0.15, -0.1) is 0 Å². The third kappa shape index (κ3) is 2.16. The van der Waals surface area contributed by atoms with Crippen molar-refractivity contribution in [1.82, 2.24) is 5.32 Å². The highest BCUT2D eigenvalue weighted by Gasteiger charge is 2.26. The van der Waals surface area contributed by atoms with Crippen LogP contribution in [0.25, 0.3) is 0 Å². The molecular weight excluding hydrogens is 210 g/mol. The average molecular weight is 226 g/mol. The molecule has 1 heterocycles. The minimum atomic E-state index is -2.82. The number of nitrogens with one attached hydrogen (secondary N) is 1. The molecule has 3 N–H and O–H groups in total. The van der Waals surface area contributed by atoms with Gasteiger partial charge in [0.1, 0.15) is 0 Å². The quantitative estimate of drug-likeness (QED) is 0.719. The van der Waals surface area contributed by atoms with Crippen LogP contribution in [0.5, 0.6) is 0 Å². The standard InChI is InChI=1S/C12H16F2N2/c1-12(13,14)9-6-8-2-4-16-5-3-10(8)11(15)7-9/h6-7,16H,2-5,15H2,1H3. The monoisotopic (exact) mass is 226 g/mol. The van der Waals surface area contributed by atoms with Gasteiger partial charge in [0.15, 0.2) is 0 Å². The topological polar surface area (TPSA) is 38.0 Å². The number of anilines is 1. The number of hydrogen-bond acceptors (Lipinski definition) is 2. The maximum atomic E-state index is 13.2. The number of alkyl halides is 2. The first kappa shape index (κ1) is 11.3. The lowest BCUT2D eigenvalue weighted by Gasteiger charge is -2.16. The van der Waals surface area contributed by atoms with Crippen LogP contribution in [0.4, 0.5) is 14.5 Å². The van der Waals surface area contributed by atoms with Crippen molar-refractivity contribution in [2.45, 2.75) is 25.7 Å². The summed E-state index contributed by atoms with van der Waals surface area (Å²) in [5.74, 6) is -2.82. The lowest BCUT2D eigenvalue weighted by molar-refractivity contribution is 0.0174. The summed E-state index contributed by atoms with van der Waals surface area (Å²) < 4.78 is 26.5. The Hall–Kier alpha value is -1.16. The van der Waals surface area contributed by atoms with Gasteiger partial charge in [0, 0.05) is 18.2 Å². The molecule has 0 unspecified atom stereocenters.